The zero-order valence-electron chi connectivity index (χ0n) is 14.0. The van der Waals surface area contributed by atoms with Gasteiger partial charge >= 0.3 is 6.01 Å². The number of ether oxygens (including phenoxy) is 1. The van der Waals surface area contributed by atoms with E-state index in [4.69, 9.17) is 9.15 Å². The van der Waals surface area contributed by atoms with Crippen LogP contribution in [0.15, 0.2) is 39.9 Å². The van der Waals surface area contributed by atoms with E-state index in [1.54, 1.807) is 32.4 Å². The number of amides is 1. The predicted molar refractivity (Wildman–Crippen MR) is 92.0 cm³/mol. The number of hydrogen-bond donors (Lipinski definition) is 1. The summed E-state index contributed by atoms with van der Waals surface area (Å²) in [6, 6.07) is 5.26. The minimum Gasteiger partial charge on any atom is -0.497 e. The molecule has 4 aromatic rings. The summed E-state index contributed by atoms with van der Waals surface area (Å²) in [7, 11) is 3.15. The van der Waals surface area contributed by atoms with E-state index in [-0.39, 0.29) is 24.0 Å². The second-order valence-electron chi connectivity index (χ2n) is 5.58. The highest BCUT2D eigenvalue weighted by Crippen LogP contribution is 2.23. The number of aromatic nitrogens is 5. The summed E-state index contributed by atoms with van der Waals surface area (Å²) in [5, 5.41) is 2.60. The zero-order chi connectivity index (χ0) is 18.3. The Kier molecular flexibility index (Phi) is 3.64. The standard InChI is InChI=1S/C16H14N6O4/c1-21-13(24)6-17-15-14(21)18-8-22(15)7-12(23)20-16-19-10-4-3-9(25-2)5-11(10)26-16/h3-6,8H,7H2,1-2H3,(H,19,20,23). The van der Waals surface area contributed by atoms with Crippen LogP contribution in [0.1, 0.15) is 0 Å². The number of anilines is 1. The molecule has 4 rings (SSSR count). The number of nitrogens with zero attached hydrogens (tertiary/aromatic N) is 5. The van der Waals surface area contributed by atoms with Gasteiger partial charge in [0.1, 0.15) is 17.8 Å². The Morgan fingerprint density at radius 2 is 2.15 bits per heavy atom. The molecule has 10 heteroatoms. The van der Waals surface area contributed by atoms with Crippen molar-refractivity contribution >= 4 is 34.3 Å². The second-order valence-corrected chi connectivity index (χ2v) is 5.58. The minimum atomic E-state index is -0.363. The summed E-state index contributed by atoms with van der Waals surface area (Å²) < 4.78 is 13.5. The number of methoxy groups -OCH3 is 1. The Bertz CT molecular complexity index is 1190. The number of imidazole rings is 1. The van der Waals surface area contributed by atoms with Gasteiger partial charge < -0.3 is 13.7 Å². The topological polar surface area (TPSA) is 117 Å². The molecular formula is C16H14N6O4. The summed E-state index contributed by atoms with van der Waals surface area (Å²) in [5.41, 5.74) is 1.67. The van der Waals surface area contributed by atoms with Crippen LogP contribution < -0.4 is 15.6 Å². The van der Waals surface area contributed by atoms with Crippen molar-refractivity contribution in [1.82, 2.24) is 24.1 Å². The third-order valence-corrected chi connectivity index (χ3v) is 3.89. The molecular weight excluding hydrogens is 340 g/mol. The van der Waals surface area contributed by atoms with E-state index in [9.17, 15) is 9.59 Å². The van der Waals surface area contributed by atoms with Crippen molar-refractivity contribution in [2.75, 3.05) is 12.4 Å². The smallest absolute Gasteiger partial charge is 0.302 e. The van der Waals surface area contributed by atoms with Crippen LogP contribution in [-0.2, 0) is 18.4 Å². The van der Waals surface area contributed by atoms with Gasteiger partial charge in [-0.25, -0.2) is 9.97 Å². The van der Waals surface area contributed by atoms with Gasteiger partial charge in [-0.3, -0.25) is 19.5 Å². The molecule has 1 aromatic carbocycles. The van der Waals surface area contributed by atoms with Crippen molar-refractivity contribution in [3.63, 3.8) is 0 Å². The van der Waals surface area contributed by atoms with Crippen molar-refractivity contribution in [2.45, 2.75) is 6.54 Å². The summed E-state index contributed by atoms with van der Waals surface area (Å²) in [6.07, 6.45) is 2.64. The quantitative estimate of drug-likeness (QED) is 0.579. The van der Waals surface area contributed by atoms with Crippen molar-refractivity contribution < 1.29 is 13.9 Å². The molecule has 0 aliphatic carbocycles. The van der Waals surface area contributed by atoms with E-state index in [1.165, 1.54) is 21.7 Å². The lowest BCUT2D eigenvalue weighted by Gasteiger charge is -2.03. The van der Waals surface area contributed by atoms with Crippen molar-refractivity contribution in [3.05, 3.63) is 41.1 Å². The van der Waals surface area contributed by atoms with E-state index < -0.39 is 0 Å². The zero-order valence-corrected chi connectivity index (χ0v) is 14.0. The van der Waals surface area contributed by atoms with Crippen molar-refractivity contribution in [2.24, 2.45) is 7.05 Å². The van der Waals surface area contributed by atoms with Crippen molar-refractivity contribution in [1.29, 1.82) is 0 Å². The largest absolute Gasteiger partial charge is 0.497 e. The third-order valence-electron chi connectivity index (χ3n) is 3.89. The fraction of sp³-hybridized carbons (Fsp3) is 0.188. The lowest BCUT2D eigenvalue weighted by atomic mass is 10.3. The van der Waals surface area contributed by atoms with Crippen LogP contribution in [0.2, 0.25) is 0 Å². The van der Waals surface area contributed by atoms with Gasteiger partial charge in [-0.05, 0) is 12.1 Å². The Hall–Kier alpha value is -3.69. The molecule has 0 spiro atoms. The number of fused-ring (bicyclic) bond motifs is 2. The Morgan fingerprint density at radius 1 is 1.31 bits per heavy atom. The first-order chi connectivity index (χ1) is 12.5. The molecule has 3 aromatic heterocycles. The van der Waals surface area contributed by atoms with Crippen LogP contribution in [0.5, 0.6) is 5.75 Å². The molecule has 3 heterocycles. The summed E-state index contributed by atoms with van der Waals surface area (Å²) >= 11 is 0. The SMILES string of the molecule is COc1ccc2nc(NC(=O)Cn3cnc4c3ncc(=O)n4C)oc2c1. The molecule has 0 saturated carbocycles. The van der Waals surface area contributed by atoms with Gasteiger partial charge in [0.05, 0.1) is 19.6 Å². The number of carbonyl (C=O) groups excluding carboxylic acids is 1. The first-order valence-corrected chi connectivity index (χ1v) is 7.66. The van der Waals surface area contributed by atoms with E-state index >= 15 is 0 Å². The molecule has 132 valence electrons. The molecule has 0 atom stereocenters. The lowest BCUT2D eigenvalue weighted by molar-refractivity contribution is -0.116. The van der Waals surface area contributed by atoms with Crippen LogP contribution in [0, 0.1) is 0 Å². The van der Waals surface area contributed by atoms with E-state index in [1.807, 2.05) is 0 Å². The number of oxazole rings is 1. The fourth-order valence-electron chi connectivity index (χ4n) is 2.56. The molecule has 0 bridgehead atoms. The molecule has 0 unspecified atom stereocenters. The van der Waals surface area contributed by atoms with Gasteiger partial charge in [0.2, 0.25) is 5.91 Å². The predicted octanol–water partition coefficient (Wildman–Crippen LogP) is 0.918. The average molecular weight is 354 g/mol. The summed E-state index contributed by atoms with van der Waals surface area (Å²) in [5.74, 6) is 0.270. The van der Waals surface area contributed by atoms with Gasteiger partial charge in [0.25, 0.3) is 5.56 Å². The highest BCUT2D eigenvalue weighted by atomic mass is 16.5. The Labute approximate surface area is 146 Å². The summed E-state index contributed by atoms with van der Waals surface area (Å²) in [4.78, 5) is 36.3. The van der Waals surface area contributed by atoms with Crippen LogP contribution in [0.25, 0.3) is 22.4 Å². The second kappa shape index (κ2) is 5.99. The van der Waals surface area contributed by atoms with Crippen LogP contribution in [0.4, 0.5) is 6.01 Å². The molecule has 0 aliphatic heterocycles. The fourth-order valence-corrected chi connectivity index (χ4v) is 2.56. The van der Waals surface area contributed by atoms with Gasteiger partial charge in [-0.1, -0.05) is 0 Å². The molecule has 0 saturated heterocycles. The molecule has 0 radical (unpaired) electrons. The number of nitrogens with one attached hydrogen (secondary N) is 1. The number of benzene rings is 1. The van der Waals surface area contributed by atoms with Crippen molar-refractivity contribution in [3.8, 4) is 5.75 Å². The Morgan fingerprint density at radius 3 is 2.96 bits per heavy atom. The first-order valence-electron chi connectivity index (χ1n) is 7.66. The lowest BCUT2D eigenvalue weighted by Crippen LogP contribution is -2.20. The van der Waals surface area contributed by atoms with Gasteiger partial charge in [0, 0.05) is 13.1 Å². The number of hydrogen-bond acceptors (Lipinski definition) is 7. The van der Waals surface area contributed by atoms with Crippen LogP contribution >= 0.6 is 0 Å². The number of rotatable bonds is 4. The van der Waals surface area contributed by atoms with E-state index in [0.717, 1.165) is 0 Å². The van der Waals surface area contributed by atoms with Gasteiger partial charge in [-0.2, -0.15) is 4.98 Å². The molecule has 0 aliphatic rings. The average Bonchev–Trinajstić information content (AvgIpc) is 3.21. The van der Waals surface area contributed by atoms with E-state index in [0.29, 0.717) is 28.1 Å². The molecule has 10 nitrogen and oxygen atoms in total. The monoisotopic (exact) mass is 354 g/mol. The van der Waals surface area contributed by atoms with Gasteiger partial charge in [-0.15, -0.1) is 0 Å². The van der Waals surface area contributed by atoms with Gasteiger partial charge in [0.15, 0.2) is 16.9 Å². The third kappa shape index (κ3) is 2.66. The highest BCUT2D eigenvalue weighted by Gasteiger charge is 2.14. The summed E-state index contributed by atoms with van der Waals surface area (Å²) in [6.45, 7) is -0.0518. The maximum atomic E-state index is 12.3. The highest BCUT2D eigenvalue weighted by molar-refractivity contribution is 5.90. The maximum absolute atomic E-state index is 12.3. The molecule has 1 amide bonds. The first kappa shape index (κ1) is 15.8. The normalized spacial score (nSPS) is 11.2. The molecule has 26 heavy (non-hydrogen) atoms. The molecule has 0 fully saturated rings. The van der Waals surface area contributed by atoms with Crippen LogP contribution in [-0.4, -0.2) is 37.1 Å². The van der Waals surface area contributed by atoms with E-state index in [2.05, 4.69) is 20.3 Å². The number of aryl methyl sites for hydroxylation is 1. The van der Waals surface area contributed by atoms with Crippen LogP contribution in [0.3, 0.4) is 0 Å². The Balaban J connectivity index is 1.56. The molecule has 1 N–H and O–H groups in total. The minimum absolute atomic E-state index is 0.0518. The maximum Gasteiger partial charge on any atom is 0.302 e. The number of carbonyl (C=O) groups is 1.